The van der Waals surface area contributed by atoms with E-state index in [1.807, 2.05) is 0 Å². The fourth-order valence-electron chi connectivity index (χ4n) is 4.21. The number of benzene rings is 2. The maximum absolute atomic E-state index is 14.2. The van der Waals surface area contributed by atoms with Gasteiger partial charge in [0.15, 0.2) is 28.9 Å². The van der Waals surface area contributed by atoms with Gasteiger partial charge in [0.2, 0.25) is 5.82 Å². The monoisotopic (exact) mass is 562 g/mol. The highest BCUT2D eigenvalue weighted by molar-refractivity contribution is 6.08. The number of carbonyl (C=O) groups is 1. The molecule has 3 aromatic heterocycles. The number of carbonyl (C=O) groups excluding carboxylic acids is 1. The molecule has 2 aromatic carbocycles. The van der Waals surface area contributed by atoms with Gasteiger partial charge in [0.1, 0.15) is 11.3 Å². The highest BCUT2D eigenvalue weighted by atomic mass is 19.3. The molecule has 206 valence electrons. The molecule has 3 heterocycles. The first-order valence-corrected chi connectivity index (χ1v) is 11.6. The van der Waals surface area contributed by atoms with E-state index in [-0.39, 0.29) is 34.0 Å². The molecule has 0 atom stereocenters. The Labute approximate surface area is 220 Å². The second-order valence-corrected chi connectivity index (χ2v) is 8.73. The minimum absolute atomic E-state index is 0.0709. The zero-order chi connectivity index (χ0) is 28.9. The second kappa shape index (κ2) is 10.1. The van der Waals surface area contributed by atoms with Crippen LogP contribution in [-0.4, -0.2) is 30.3 Å². The summed E-state index contributed by atoms with van der Waals surface area (Å²) in [5.74, 6) is -11.3. The Balaban J connectivity index is 1.51. The standard InChI is InChI=1S/C26H17F7N6O/c1-11-23(12(2)38(37-11)10-15-18(27)20(29)22(31)21(30)19(15)28)36-26(40)14-9-34-39-17(24(32)33)8-16(35-25(14)39)13-6-4-3-5-7-13/h3-9,24H,10H2,1-2H3,(H,36,40). The highest BCUT2D eigenvalue weighted by Gasteiger charge is 2.28. The van der Waals surface area contributed by atoms with Crippen molar-refractivity contribution < 1.29 is 35.5 Å². The van der Waals surface area contributed by atoms with Gasteiger partial charge in [-0.25, -0.2) is 40.2 Å². The van der Waals surface area contributed by atoms with Gasteiger partial charge >= 0.3 is 0 Å². The zero-order valence-corrected chi connectivity index (χ0v) is 20.6. The first kappa shape index (κ1) is 26.8. The van der Waals surface area contributed by atoms with Gasteiger partial charge in [-0.3, -0.25) is 9.48 Å². The van der Waals surface area contributed by atoms with Crippen LogP contribution in [0.2, 0.25) is 0 Å². The van der Waals surface area contributed by atoms with Crippen molar-refractivity contribution in [1.82, 2.24) is 24.4 Å². The normalized spacial score (nSPS) is 11.6. The largest absolute Gasteiger partial charge is 0.319 e. The maximum Gasteiger partial charge on any atom is 0.280 e. The third kappa shape index (κ3) is 4.44. The van der Waals surface area contributed by atoms with Gasteiger partial charge in [0.05, 0.1) is 41.1 Å². The smallest absolute Gasteiger partial charge is 0.280 e. The Morgan fingerprint density at radius 1 is 0.950 bits per heavy atom. The fourth-order valence-corrected chi connectivity index (χ4v) is 4.21. The van der Waals surface area contributed by atoms with Crippen LogP contribution < -0.4 is 5.32 Å². The number of halogens is 7. The molecule has 0 bridgehead atoms. The van der Waals surface area contributed by atoms with E-state index in [1.54, 1.807) is 30.3 Å². The molecule has 0 saturated carbocycles. The van der Waals surface area contributed by atoms with E-state index in [9.17, 15) is 35.5 Å². The molecule has 0 radical (unpaired) electrons. The summed E-state index contributed by atoms with van der Waals surface area (Å²) < 4.78 is 98.6. The van der Waals surface area contributed by atoms with Crippen molar-refractivity contribution in [2.75, 3.05) is 5.32 Å². The average Bonchev–Trinajstić information content (AvgIpc) is 3.49. The molecule has 40 heavy (non-hydrogen) atoms. The lowest BCUT2D eigenvalue weighted by atomic mass is 10.1. The van der Waals surface area contributed by atoms with Crippen molar-refractivity contribution in [2.45, 2.75) is 26.8 Å². The number of rotatable bonds is 6. The number of anilines is 1. The van der Waals surface area contributed by atoms with Crippen molar-refractivity contribution >= 4 is 17.2 Å². The first-order chi connectivity index (χ1) is 19.0. The number of aromatic nitrogens is 5. The van der Waals surface area contributed by atoms with Crippen LogP contribution in [0.15, 0.2) is 42.6 Å². The van der Waals surface area contributed by atoms with E-state index in [0.717, 1.165) is 15.4 Å². The second-order valence-electron chi connectivity index (χ2n) is 8.73. The number of fused-ring (bicyclic) bond motifs is 1. The quantitative estimate of drug-likeness (QED) is 0.153. The summed E-state index contributed by atoms with van der Waals surface area (Å²) in [4.78, 5) is 17.6. The molecule has 0 unspecified atom stereocenters. The molecule has 1 N–H and O–H groups in total. The summed E-state index contributed by atoms with van der Waals surface area (Å²) in [7, 11) is 0. The number of alkyl halides is 2. The summed E-state index contributed by atoms with van der Waals surface area (Å²) in [6.45, 7) is 2.01. The van der Waals surface area contributed by atoms with E-state index >= 15 is 0 Å². The topological polar surface area (TPSA) is 77.1 Å². The average molecular weight is 562 g/mol. The first-order valence-electron chi connectivity index (χ1n) is 11.6. The zero-order valence-electron chi connectivity index (χ0n) is 20.6. The molecule has 0 aliphatic rings. The van der Waals surface area contributed by atoms with Crippen molar-refractivity contribution in [3.8, 4) is 11.3 Å². The highest BCUT2D eigenvalue weighted by Crippen LogP contribution is 2.29. The third-order valence-electron chi connectivity index (χ3n) is 6.27. The lowest BCUT2D eigenvalue weighted by Crippen LogP contribution is -2.15. The van der Waals surface area contributed by atoms with Crippen molar-refractivity contribution in [3.05, 3.63) is 99.9 Å². The van der Waals surface area contributed by atoms with Crippen LogP contribution in [0, 0.1) is 42.9 Å². The van der Waals surface area contributed by atoms with Crippen molar-refractivity contribution in [3.63, 3.8) is 0 Å². The van der Waals surface area contributed by atoms with E-state index in [1.165, 1.54) is 19.9 Å². The predicted octanol–water partition coefficient (Wildman–Crippen LogP) is 6.14. The summed E-state index contributed by atoms with van der Waals surface area (Å²) >= 11 is 0. The molecule has 0 saturated heterocycles. The van der Waals surface area contributed by atoms with Crippen LogP contribution in [0.5, 0.6) is 0 Å². The molecule has 1 amide bonds. The minimum atomic E-state index is -2.94. The molecule has 5 rings (SSSR count). The molecule has 0 spiro atoms. The Kier molecular flexibility index (Phi) is 6.77. The van der Waals surface area contributed by atoms with Crippen molar-refractivity contribution in [2.24, 2.45) is 0 Å². The maximum atomic E-state index is 14.2. The van der Waals surface area contributed by atoms with Gasteiger partial charge in [-0.1, -0.05) is 30.3 Å². The van der Waals surface area contributed by atoms with Crippen LogP contribution in [0.4, 0.5) is 36.4 Å². The van der Waals surface area contributed by atoms with Crippen LogP contribution >= 0.6 is 0 Å². The number of hydrogen-bond donors (Lipinski definition) is 1. The van der Waals surface area contributed by atoms with E-state index < -0.39 is 59.2 Å². The Hall–Kier alpha value is -4.75. The number of amides is 1. The summed E-state index contributed by atoms with van der Waals surface area (Å²) in [5, 5.41) is 10.5. The summed E-state index contributed by atoms with van der Waals surface area (Å²) in [5.41, 5.74) is -0.868. The molecule has 0 aliphatic carbocycles. The Bertz CT molecular complexity index is 1750. The van der Waals surface area contributed by atoms with E-state index in [4.69, 9.17) is 0 Å². The van der Waals surface area contributed by atoms with Crippen LogP contribution in [0.1, 0.15) is 39.4 Å². The third-order valence-corrected chi connectivity index (χ3v) is 6.27. The molecular weight excluding hydrogens is 545 g/mol. The number of nitrogens with one attached hydrogen (secondary N) is 1. The number of nitrogens with zero attached hydrogens (tertiary/aromatic N) is 5. The lowest BCUT2D eigenvalue weighted by Gasteiger charge is -2.10. The summed E-state index contributed by atoms with van der Waals surface area (Å²) in [6, 6.07) is 9.63. The Morgan fingerprint density at radius 2 is 1.57 bits per heavy atom. The molecule has 5 aromatic rings. The van der Waals surface area contributed by atoms with Crippen LogP contribution in [0.25, 0.3) is 16.9 Å². The van der Waals surface area contributed by atoms with Gasteiger partial charge in [-0.05, 0) is 19.9 Å². The molecule has 0 aliphatic heterocycles. The van der Waals surface area contributed by atoms with Gasteiger partial charge in [0.25, 0.3) is 12.3 Å². The minimum Gasteiger partial charge on any atom is -0.319 e. The molecular formula is C26H17F7N6O. The molecule has 0 fully saturated rings. The lowest BCUT2D eigenvalue weighted by molar-refractivity contribution is 0.102. The number of hydrogen-bond acceptors (Lipinski definition) is 4. The van der Waals surface area contributed by atoms with Gasteiger partial charge in [-0.2, -0.15) is 10.2 Å². The fraction of sp³-hybridized carbons (Fsp3) is 0.154. The Morgan fingerprint density at radius 3 is 2.20 bits per heavy atom. The van der Waals surface area contributed by atoms with E-state index in [2.05, 4.69) is 20.5 Å². The molecule has 14 heteroatoms. The van der Waals surface area contributed by atoms with E-state index in [0.29, 0.717) is 5.56 Å². The van der Waals surface area contributed by atoms with Crippen LogP contribution in [0.3, 0.4) is 0 Å². The summed E-state index contributed by atoms with van der Waals surface area (Å²) in [6.07, 6.45) is -1.88. The number of aryl methyl sites for hydroxylation is 1. The SMILES string of the molecule is Cc1nn(Cc2c(F)c(F)c(F)c(F)c2F)c(C)c1NC(=O)c1cnn2c(C(F)F)cc(-c3ccccc3)nc12. The van der Waals surface area contributed by atoms with Gasteiger partial charge < -0.3 is 5.32 Å². The van der Waals surface area contributed by atoms with Crippen molar-refractivity contribution in [1.29, 1.82) is 0 Å². The predicted molar refractivity (Wildman–Crippen MR) is 128 cm³/mol. The van der Waals surface area contributed by atoms with Gasteiger partial charge in [0, 0.05) is 5.56 Å². The van der Waals surface area contributed by atoms with Gasteiger partial charge in [-0.15, -0.1) is 0 Å². The van der Waals surface area contributed by atoms with Crippen LogP contribution in [-0.2, 0) is 6.54 Å². The molecule has 7 nitrogen and oxygen atoms in total.